The lowest BCUT2D eigenvalue weighted by Gasteiger charge is -2.18. The van der Waals surface area contributed by atoms with Crippen LogP contribution < -0.4 is 19.1 Å². The number of hydrogen-bond donors (Lipinski definition) is 1. The zero-order valence-electron chi connectivity index (χ0n) is 14.9. The monoisotopic (exact) mass is 410 g/mol. The van der Waals surface area contributed by atoms with Crippen LogP contribution in [0.5, 0.6) is 11.5 Å². The van der Waals surface area contributed by atoms with E-state index in [2.05, 4.69) is 4.72 Å². The summed E-state index contributed by atoms with van der Waals surface area (Å²) in [4.78, 5) is 13.5. The molecule has 1 aliphatic rings. The van der Waals surface area contributed by atoms with Crippen LogP contribution in [0.4, 0.5) is 11.4 Å². The topological polar surface area (TPSA) is 84.9 Å². The summed E-state index contributed by atoms with van der Waals surface area (Å²) in [7, 11) is -0.953. The van der Waals surface area contributed by atoms with Gasteiger partial charge in [0.1, 0.15) is 0 Å². The molecular weight excluding hydrogens is 392 g/mol. The van der Waals surface area contributed by atoms with Crippen LogP contribution in [0.25, 0.3) is 0 Å². The van der Waals surface area contributed by atoms with Crippen molar-refractivity contribution in [3.05, 3.63) is 41.4 Å². The molecule has 0 bridgehead atoms. The summed E-state index contributed by atoms with van der Waals surface area (Å²) >= 11 is 6.27. The van der Waals surface area contributed by atoms with Gasteiger partial charge < -0.3 is 14.4 Å². The summed E-state index contributed by atoms with van der Waals surface area (Å²) in [6.07, 6.45) is 1.27. The molecule has 2 aromatic rings. The first-order valence-electron chi connectivity index (χ1n) is 8.20. The van der Waals surface area contributed by atoms with Gasteiger partial charge in [0.25, 0.3) is 10.0 Å². The average molecular weight is 411 g/mol. The van der Waals surface area contributed by atoms with E-state index in [0.717, 1.165) is 6.42 Å². The molecule has 0 saturated carbocycles. The third kappa shape index (κ3) is 3.96. The van der Waals surface area contributed by atoms with Crippen molar-refractivity contribution in [2.24, 2.45) is 0 Å². The van der Waals surface area contributed by atoms with Crippen molar-refractivity contribution in [1.29, 1.82) is 0 Å². The second-order valence-electron chi connectivity index (χ2n) is 5.94. The van der Waals surface area contributed by atoms with Crippen LogP contribution in [0.3, 0.4) is 0 Å². The quantitative estimate of drug-likeness (QED) is 0.789. The van der Waals surface area contributed by atoms with Crippen LogP contribution in [0, 0.1) is 0 Å². The first-order chi connectivity index (χ1) is 12.9. The number of amides is 1. The molecular formula is C18H19ClN2O5S. The number of hydrogen-bond acceptors (Lipinski definition) is 5. The predicted octanol–water partition coefficient (Wildman–Crippen LogP) is 3.28. The third-order valence-corrected chi connectivity index (χ3v) is 5.91. The van der Waals surface area contributed by atoms with Crippen molar-refractivity contribution in [1.82, 2.24) is 0 Å². The lowest BCUT2D eigenvalue weighted by atomic mass is 10.2. The molecule has 144 valence electrons. The molecule has 1 fully saturated rings. The molecule has 0 atom stereocenters. The number of sulfonamides is 1. The second kappa shape index (κ2) is 7.66. The minimum atomic E-state index is -3.86. The third-order valence-electron chi connectivity index (χ3n) is 4.23. The standard InChI is InChI=1S/C18H19ClN2O5S/c1-25-16-8-6-13(11-17(16)26-2)27(23,24)20-12-5-7-15(14(19)10-12)21-9-3-4-18(21)22/h5-8,10-11,20H,3-4,9H2,1-2H3. The van der Waals surface area contributed by atoms with Crippen LogP contribution >= 0.6 is 11.6 Å². The molecule has 3 rings (SSSR count). The highest BCUT2D eigenvalue weighted by Gasteiger charge is 2.24. The van der Waals surface area contributed by atoms with Crippen molar-refractivity contribution in [3.8, 4) is 11.5 Å². The van der Waals surface area contributed by atoms with Gasteiger partial charge in [0.2, 0.25) is 5.91 Å². The molecule has 7 nitrogen and oxygen atoms in total. The summed E-state index contributed by atoms with van der Waals surface area (Å²) in [6.45, 7) is 0.606. The lowest BCUT2D eigenvalue weighted by Crippen LogP contribution is -2.24. The van der Waals surface area contributed by atoms with Crippen LogP contribution in [-0.2, 0) is 14.8 Å². The molecule has 1 saturated heterocycles. The van der Waals surface area contributed by atoms with Crippen molar-refractivity contribution in [2.45, 2.75) is 17.7 Å². The minimum Gasteiger partial charge on any atom is -0.493 e. The van der Waals surface area contributed by atoms with Crippen LogP contribution in [0.15, 0.2) is 41.3 Å². The number of ether oxygens (including phenoxy) is 2. The first-order valence-corrected chi connectivity index (χ1v) is 10.1. The molecule has 1 heterocycles. The number of anilines is 2. The zero-order chi connectivity index (χ0) is 19.6. The Kier molecular flexibility index (Phi) is 5.48. The van der Waals surface area contributed by atoms with Gasteiger partial charge in [-0.05, 0) is 36.8 Å². The first kappa shape index (κ1) is 19.3. The van der Waals surface area contributed by atoms with E-state index < -0.39 is 10.0 Å². The van der Waals surface area contributed by atoms with E-state index in [0.29, 0.717) is 40.9 Å². The van der Waals surface area contributed by atoms with Crippen LogP contribution in [-0.4, -0.2) is 35.1 Å². The van der Waals surface area contributed by atoms with Gasteiger partial charge in [-0.1, -0.05) is 11.6 Å². The maximum Gasteiger partial charge on any atom is 0.262 e. The Labute approximate surface area is 162 Å². The number of carbonyl (C=O) groups excluding carboxylic acids is 1. The van der Waals surface area contributed by atoms with Crippen molar-refractivity contribution in [3.63, 3.8) is 0 Å². The van der Waals surface area contributed by atoms with Gasteiger partial charge in [0.15, 0.2) is 11.5 Å². The maximum absolute atomic E-state index is 12.7. The van der Waals surface area contributed by atoms with Gasteiger partial charge in [-0.2, -0.15) is 0 Å². The van der Waals surface area contributed by atoms with Crippen molar-refractivity contribution < 1.29 is 22.7 Å². The SMILES string of the molecule is COc1ccc(S(=O)(=O)Nc2ccc(N3CCCC3=O)c(Cl)c2)cc1OC. The van der Waals surface area contributed by atoms with Gasteiger partial charge >= 0.3 is 0 Å². The van der Waals surface area contributed by atoms with Gasteiger partial charge in [0, 0.05) is 19.0 Å². The van der Waals surface area contributed by atoms with Crippen LogP contribution in [0.2, 0.25) is 5.02 Å². The Bertz CT molecular complexity index is 978. The van der Waals surface area contributed by atoms with E-state index in [9.17, 15) is 13.2 Å². The van der Waals surface area contributed by atoms with Crippen molar-refractivity contribution in [2.75, 3.05) is 30.4 Å². The molecule has 0 aliphatic carbocycles. The second-order valence-corrected chi connectivity index (χ2v) is 8.03. The van der Waals surface area contributed by atoms with E-state index >= 15 is 0 Å². The number of rotatable bonds is 6. The summed E-state index contributed by atoms with van der Waals surface area (Å²) in [5.41, 5.74) is 0.874. The Morgan fingerprint density at radius 3 is 2.41 bits per heavy atom. The molecule has 0 unspecified atom stereocenters. The van der Waals surface area contributed by atoms with Crippen molar-refractivity contribution >= 4 is 38.9 Å². The number of methoxy groups -OCH3 is 2. The smallest absolute Gasteiger partial charge is 0.262 e. The Hall–Kier alpha value is -2.45. The maximum atomic E-state index is 12.7. The van der Waals surface area contributed by atoms with E-state index in [-0.39, 0.29) is 10.8 Å². The molecule has 27 heavy (non-hydrogen) atoms. The molecule has 9 heteroatoms. The van der Waals surface area contributed by atoms with E-state index in [4.69, 9.17) is 21.1 Å². The fraction of sp³-hybridized carbons (Fsp3) is 0.278. The number of nitrogens with one attached hydrogen (secondary N) is 1. The number of carbonyl (C=O) groups is 1. The molecule has 0 spiro atoms. The highest BCUT2D eigenvalue weighted by Crippen LogP contribution is 2.33. The molecule has 0 radical (unpaired) electrons. The van der Waals surface area contributed by atoms with Crippen LogP contribution in [0.1, 0.15) is 12.8 Å². The normalized spacial score (nSPS) is 14.3. The molecule has 1 N–H and O–H groups in total. The number of halogens is 1. The van der Waals surface area contributed by atoms with E-state index in [1.807, 2.05) is 0 Å². The number of benzene rings is 2. The highest BCUT2D eigenvalue weighted by molar-refractivity contribution is 7.92. The largest absolute Gasteiger partial charge is 0.493 e. The highest BCUT2D eigenvalue weighted by atomic mass is 35.5. The fourth-order valence-electron chi connectivity index (χ4n) is 2.89. The molecule has 1 amide bonds. The Balaban J connectivity index is 1.86. The number of nitrogens with zero attached hydrogens (tertiary/aromatic N) is 1. The summed E-state index contributed by atoms with van der Waals surface area (Å²) in [6, 6.07) is 9.01. The predicted molar refractivity (Wildman–Crippen MR) is 103 cm³/mol. The minimum absolute atomic E-state index is 0.00978. The fourth-order valence-corrected chi connectivity index (χ4v) is 4.24. The van der Waals surface area contributed by atoms with Gasteiger partial charge in [0.05, 0.1) is 35.5 Å². The molecule has 1 aliphatic heterocycles. The van der Waals surface area contributed by atoms with Gasteiger partial charge in [-0.25, -0.2) is 8.42 Å². The molecule has 2 aromatic carbocycles. The summed E-state index contributed by atoms with van der Waals surface area (Å²) < 4.78 is 38.1. The Morgan fingerprint density at radius 2 is 1.81 bits per heavy atom. The lowest BCUT2D eigenvalue weighted by molar-refractivity contribution is -0.117. The van der Waals surface area contributed by atoms with Gasteiger partial charge in [-0.15, -0.1) is 0 Å². The van der Waals surface area contributed by atoms with E-state index in [1.165, 1.54) is 38.5 Å². The van der Waals surface area contributed by atoms with Gasteiger partial charge in [-0.3, -0.25) is 9.52 Å². The van der Waals surface area contributed by atoms with E-state index in [1.54, 1.807) is 17.0 Å². The Morgan fingerprint density at radius 1 is 1.07 bits per heavy atom. The summed E-state index contributed by atoms with van der Waals surface area (Å²) in [5, 5.41) is 0.303. The average Bonchev–Trinajstić information content (AvgIpc) is 3.06. The summed E-state index contributed by atoms with van der Waals surface area (Å²) in [5.74, 6) is 0.746. The zero-order valence-corrected chi connectivity index (χ0v) is 16.4. The molecule has 0 aromatic heterocycles.